The Bertz CT molecular complexity index is 1070. The molecule has 2 heterocycles. The molecular weight excluding hydrogens is 445 g/mol. The van der Waals surface area contributed by atoms with Gasteiger partial charge in [-0.25, -0.2) is 0 Å². The molecule has 0 aliphatic carbocycles. The van der Waals surface area contributed by atoms with Crippen molar-refractivity contribution in [2.75, 3.05) is 24.2 Å². The van der Waals surface area contributed by atoms with Crippen LogP contribution in [0.4, 0.5) is 5.69 Å². The van der Waals surface area contributed by atoms with Crippen molar-refractivity contribution in [1.29, 1.82) is 0 Å². The average Bonchev–Trinajstić information content (AvgIpc) is 3.10. The largest absolute Gasteiger partial charge is 0.333 e. The molecule has 2 amide bonds. The quantitative estimate of drug-likeness (QED) is 0.501. The maximum Gasteiger partial charge on any atom is 0.244 e. The summed E-state index contributed by atoms with van der Waals surface area (Å²) in [6.07, 6.45) is 2.39. The normalized spacial score (nSPS) is 10.9. The van der Waals surface area contributed by atoms with Crippen LogP contribution in [-0.2, 0) is 9.59 Å². The second-order valence-electron chi connectivity index (χ2n) is 6.65. The van der Waals surface area contributed by atoms with E-state index in [1.807, 2.05) is 38.1 Å². The Labute approximate surface area is 188 Å². The molecule has 0 atom stereocenters. The van der Waals surface area contributed by atoms with Crippen LogP contribution < -0.4 is 5.32 Å². The number of aryl methyl sites for hydroxylation is 1. The predicted octanol–water partition coefficient (Wildman–Crippen LogP) is 4.31. The van der Waals surface area contributed by atoms with Crippen molar-refractivity contribution in [3.05, 3.63) is 52.1 Å². The summed E-state index contributed by atoms with van der Waals surface area (Å²) in [7, 11) is 0. The third-order valence-corrected chi connectivity index (χ3v) is 5.73. The Hall–Kier alpha value is -2.29. The van der Waals surface area contributed by atoms with Crippen LogP contribution in [0, 0.1) is 6.92 Å². The van der Waals surface area contributed by atoms with Gasteiger partial charge in [-0.15, -0.1) is 10.2 Å². The number of carbonyl (C=O) groups is 2. The van der Waals surface area contributed by atoms with E-state index in [2.05, 4.69) is 15.5 Å². The van der Waals surface area contributed by atoms with E-state index >= 15 is 0 Å². The molecule has 1 N–H and O–H groups in total. The van der Waals surface area contributed by atoms with Gasteiger partial charge in [0.05, 0.1) is 22.3 Å². The standard InChI is InChI=1S/C20H21Cl2N5O2S/c1-3-8-26(11-17(28)23-16-7-5-4-6-13(16)2)18(29)12-30-20-25-24-19-15(22)9-14(21)10-27(19)20/h4-7,9-10H,3,8,11-12H2,1-2H3,(H,23,28). The van der Waals surface area contributed by atoms with Gasteiger partial charge in [-0.3, -0.25) is 14.0 Å². The highest BCUT2D eigenvalue weighted by Crippen LogP contribution is 2.25. The predicted molar refractivity (Wildman–Crippen MR) is 120 cm³/mol. The Morgan fingerprint density at radius 2 is 2.00 bits per heavy atom. The molecule has 3 rings (SSSR count). The molecule has 7 nitrogen and oxygen atoms in total. The van der Waals surface area contributed by atoms with Crippen molar-refractivity contribution in [2.24, 2.45) is 0 Å². The number of benzene rings is 1. The minimum Gasteiger partial charge on any atom is -0.333 e. The van der Waals surface area contributed by atoms with Gasteiger partial charge in [0, 0.05) is 18.4 Å². The number of halogens is 2. The molecular formula is C20H21Cl2N5O2S. The van der Waals surface area contributed by atoms with Crippen molar-refractivity contribution in [3.63, 3.8) is 0 Å². The SMILES string of the molecule is CCCN(CC(=O)Nc1ccccc1C)C(=O)CSc1nnc2c(Cl)cc(Cl)cn12. The molecule has 0 aliphatic rings. The molecule has 3 aromatic rings. The first-order chi connectivity index (χ1) is 14.4. The number of aromatic nitrogens is 3. The van der Waals surface area contributed by atoms with Gasteiger partial charge in [-0.1, -0.05) is 60.1 Å². The molecule has 0 radical (unpaired) electrons. The van der Waals surface area contributed by atoms with Gasteiger partial charge >= 0.3 is 0 Å². The lowest BCUT2D eigenvalue weighted by atomic mass is 10.2. The first-order valence-corrected chi connectivity index (χ1v) is 11.1. The molecule has 0 saturated carbocycles. The van der Waals surface area contributed by atoms with Gasteiger partial charge in [0.1, 0.15) is 0 Å². The van der Waals surface area contributed by atoms with E-state index in [1.54, 1.807) is 21.6 Å². The third kappa shape index (κ3) is 5.44. The Morgan fingerprint density at radius 3 is 2.73 bits per heavy atom. The summed E-state index contributed by atoms with van der Waals surface area (Å²) < 4.78 is 1.65. The molecule has 0 saturated heterocycles. The third-order valence-electron chi connectivity index (χ3n) is 4.32. The zero-order chi connectivity index (χ0) is 21.7. The fraction of sp³-hybridized carbons (Fsp3) is 0.300. The maximum atomic E-state index is 12.8. The summed E-state index contributed by atoms with van der Waals surface area (Å²) in [5, 5.41) is 12.3. The number of pyridine rings is 1. The minimum atomic E-state index is -0.234. The fourth-order valence-corrected chi connectivity index (χ4v) is 4.18. The first-order valence-electron chi connectivity index (χ1n) is 9.35. The number of para-hydroxylation sites is 1. The van der Waals surface area contributed by atoms with Crippen LogP contribution in [0.2, 0.25) is 10.0 Å². The highest BCUT2D eigenvalue weighted by molar-refractivity contribution is 7.99. The van der Waals surface area contributed by atoms with E-state index in [0.29, 0.717) is 27.4 Å². The second kappa shape index (κ2) is 10.1. The van der Waals surface area contributed by atoms with Crippen LogP contribution >= 0.6 is 35.0 Å². The number of nitrogens with zero attached hydrogens (tertiary/aromatic N) is 4. The van der Waals surface area contributed by atoms with Gasteiger partial charge < -0.3 is 10.2 Å². The summed E-state index contributed by atoms with van der Waals surface area (Å²) in [4.78, 5) is 26.8. The number of anilines is 1. The van der Waals surface area contributed by atoms with E-state index in [1.165, 1.54) is 11.8 Å². The van der Waals surface area contributed by atoms with Gasteiger partial charge in [-0.2, -0.15) is 0 Å². The summed E-state index contributed by atoms with van der Waals surface area (Å²) in [6.45, 7) is 4.35. The molecule has 10 heteroatoms. The number of thioether (sulfide) groups is 1. The fourth-order valence-electron chi connectivity index (χ4n) is 2.86. The number of carbonyl (C=O) groups excluding carboxylic acids is 2. The summed E-state index contributed by atoms with van der Waals surface area (Å²) in [5.74, 6) is -0.281. The lowest BCUT2D eigenvalue weighted by Gasteiger charge is -2.21. The van der Waals surface area contributed by atoms with E-state index in [0.717, 1.165) is 17.7 Å². The molecule has 158 valence electrons. The lowest BCUT2D eigenvalue weighted by molar-refractivity contribution is -0.132. The van der Waals surface area contributed by atoms with Gasteiger partial charge in [-0.05, 0) is 31.0 Å². The van der Waals surface area contributed by atoms with Crippen LogP contribution in [-0.4, -0.2) is 50.2 Å². The maximum absolute atomic E-state index is 12.8. The van der Waals surface area contributed by atoms with Crippen LogP contribution in [0.1, 0.15) is 18.9 Å². The molecule has 0 bridgehead atoms. The Balaban J connectivity index is 1.64. The molecule has 2 aromatic heterocycles. The number of amides is 2. The Kier molecular flexibility index (Phi) is 7.58. The van der Waals surface area contributed by atoms with Crippen LogP contribution in [0.25, 0.3) is 5.65 Å². The number of hydrogen-bond acceptors (Lipinski definition) is 5. The van der Waals surface area contributed by atoms with Crippen molar-refractivity contribution in [3.8, 4) is 0 Å². The molecule has 0 unspecified atom stereocenters. The van der Waals surface area contributed by atoms with Crippen LogP contribution in [0.15, 0.2) is 41.7 Å². The van der Waals surface area contributed by atoms with E-state index in [4.69, 9.17) is 23.2 Å². The van der Waals surface area contributed by atoms with E-state index in [9.17, 15) is 9.59 Å². The van der Waals surface area contributed by atoms with Crippen LogP contribution in [0.5, 0.6) is 0 Å². The highest BCUT2D eigenvalue weighted by atomic mass is 35.5. The second-order valence-corrected chi connectivity index (χ2v) is 8.44. The van der Waals surface area contributed by atoms with Crippen LogP contribution in [0.3, 0.4) is 0 Å². The summed E-state index contributed by atoms with van der Waals surface area (Å²) in [6, 6.07) is 9.10. The van der Waals surface area contributed by atoms with Gasteiger partial charge in [0.25, 0.3) is 0 Å². The molecule has 0 spiro atoms. The molecule has 0 fully saturated rings. The van der Waals surface area contributed by atoms with Gasteiger partial charge in [0.2, 0.25) is 11.8 Å². The smallest absolute Gasteiger partial charge is 0.244 e. The van der Waals surface area contributed by atoms with Crippen molar-refractivity contribution in [1.82, 2.24) is 19.5 Å². The van der Waals surface area contributed by atoms with Gasteiger partial charge in [0.15, 0.2) is 10.8 Å². The average molecular weight is 466 g/mol. The van der Waals surface area contributed by atoms with Crippen molar-refractivity contribution in [2.45, 2.75) is 25.4 Å². The van der Waals surface area contributed by atoms with Crippen molar-refractivity contribution >= 4 is 58.1 Å². The number of nitrogens with one attached hydrogen (secondary N) is 1. The number of rotatable bonds is 8. The number of fused-ring (bicyclic) bond motifs is 1. The Morgan fingerprint density at radius 1 is 1.23 bits per heavy atom. The summed E-state index contributed by atoms with van der Waals surface area (Å²) in [5.41, 5.74) is 2.18. The summed E-state index contributed by atoms with van der Waals surface area (Å²) >= 11 is 13.4. The molecule has 30 heavy (non-hydrogen) atoms. The highest BCUT2D eigenvalue weighted by Gasteiger charge is 2.19. The zero-order valence-electron chi connectivity index (χ0n) is 16.6. The number of hydrogen-bond donors (Lipinski definition) is 1. The van der Waals surface area contributed by atoms with E-state index in [-0.39, 0.29) is 24.1 Å². The lowest BCUT2D eigenvalue weighted by Crippen LogP contribution is -2.39. The van der Waals surface area contributed by atoms with E-state index < -0.39 is 0 Å². The molecule has 1 aromatic carbocycles. The minimum absolute atomic E-state index is 0.0141. The zero-order valence-corrected chi connectivity index (χ0v) is 18.9. The first kappa shape index (κ1) is 22.4. The topological polar surface area (TPSA) is 79.6 Å². The monoisotopic (exact) mass is 465 g/mol. The van der Waals surface area contributed by atoms with Crippen molar-refractivity contribution < 1.29 is 9.59 Å². The molecule has 0 aliphatic heterocycles.